The van der Waals surface area contributed by atoms with Gasteiger partial charge < -0.3 is 4.42 Å². The Morgan fingerprint density at radius 3 is 2.60 bits per heavy atom. The number of aromatic nitrogens is 3. The molecule has 6 aromatic rings. The van der Waals surface area contributed by atoms with Crippen molar-refractivity contribution in [3.8, 4) is 17.1 Å². The van der Waals surface area contributed by atoms with Crippen molar-refractivity contribution < 1.29 is 8.98 Å². The van der Waals surface area contributed by atoms with Crippen LogP contribution in [0.1, 0.15) is 5.56 Å². The van der Waals surface area contributed by atoms with Crippen molar-refractivity contribution in [2.75, 3.05) is 0 Å². The van der Waals surface area contributed by atoms with Crippen LogP contribution in [0.25, 0.3) is 50.0 Å². The van der Waals surface area contributed by atoms with Crippen LogP contribution in [0, 0.1) is 6.92 Å². The number of para-hydroxylation sites is 2. The van der Waals surface area contributed by atoms with E-state index in [0.29, 0.717) is 0 Å². The molecule has 0 aliphatic heterocycles. The SMILES string of the molecule is Cc1ccc2ocnc2c1-c1n(-c2cccc3ccccc23)c2ccccc2[n+]1C. The van der Waals surface area contributed by atoms with Crippen LogP contribution in [0.15, 0.2) is 89.7 Å². The molecule has 0 fully saturated rings. The molecule has 2 heterocycles. The van der Waals surface area contributed by atoms with Crippen LogP contribution in [-0.4, -0.2) is 9.55 Å². The Balaban J connectivity index is 1.84. The van der Waals surface area contributed by atoms with Crippen molar-refractivity contribution in [3.63, 3.8) is 0 Å². The zero-order valence-corrected chi connectivity index (χ0v) is 16.8. The normalized spacial score (nSPS) is 11.7. The lowest BCUT2D eigenvalue weighted by molar-refractivity contribution is -0.633. The van der Waals surface area contributed by atoms with Crippen LogP contribution in [0.4, 0.5) is 0 Å². The summed E-state index contributed by atoms with van der Waals surface area (Å²) in [5.74, 6) is 1.09. The summed E-state index contributed by atoms with van der Waals surface area (Å²) in [7, 11) is 2.12. The van der Waals surface area contributed by atoms with Gasteiger partial charge in [-0.1, -0.05) is 54.6 Å². The van der Waals surface area contributed by atoms with E-state index in [-0.39, 0.29) is 0 Å². The molecule has 144 valence electrons. The fourth-order valence-corrected chi connectivity index (χ4v) is 4.56. The smallest absolute Gasteiger partial charge is 0.297 e. The van der Waals surface area contributed by atoms with Gasteiger partial charge in [0.1, 0.15) is 11.2 Å². The van der Waals surface area contributed by atoms with Gasteiger partial charge in [-0.25, -0.2) is 9.55 Å². The first-order valence-electron chi connectivity index (χ1n) is 10.0. The minimum atomic E-state index is 0.797. The summed E-state index contributed by atoms with van der Waals surface area (Å²) >= 11 is 0. The van der Waals surface area contributed by atoms with E-state index in [1.165, 1.54) is 22.7 Å². The maximum atomic E-state index is 5.64. The average Bonchev–Trinajstić information content (AvgIpc) is 3.37. The molecule has 4 aromatic carbocycles. The summed E-state index contributed by atoms with van der Waals surface area (Å²) in [5, 5.41) is 2.44. The van der Waals surface area contributed by atoms with E-state index in [2.05, 4.69) is 101 Å². The highest BCUT2D eigenvalue weighted by Gasteiger charge is 2.30. The standard InChI is InChI=1S/C26H20N3O/c1-17-14-15-23-25(27-16-30-23)24(17)26-28(2)21-11-5-6-12-22(21)29(26)20-13-7-9-18-8-3-4-10-19(18)20/h3-16H,1-2H3/q+1. The maximum absolute atomic E-state index is 5.64. The van der Waals surface area contributed by atoms with E-state index in [1.54, 1.807) is 0 Å². The zero-order chi connectivity index (χ0) is 20.2. The van der Waals surface area contributed by atoms with Crippen molar-refractivity contribution in [2.45, 2.75) is 6.92 Å². The predicted octanol–water partition coefficient (Wildman–Crippen LogP) is 5.72. The Morgan fingerprint density at radius 2 is 1.67 bits per heavy atom. The Labute approximate surface area is 173 Å². The van der Waals surface area contributed by atoms with Gasteiger partial charge >= 0.3 is 0 Å². The molecule has 2 aromatic heterocycles. The molecule has 0 saturated carbocycles. The Hall–Kier alpha value is -3.92. The van der Waals surface area contributed by atoms with Crippen molar-refractivity contribution in [1.29, 1.82) is 0 Å². The number of imidazole rings is 1. The average molecular weight is 390 g/mol. The van der Waals surface area contributed by atoms with Gasteiger partial charge in [-0.05, 0) is 42.1 Å². The van der Waals surface area contributed by atoms with Gasteiger partial charge in [0.2, 0.25) is 0 Å². The second kappa shape index (κ2) is 6.29. The van der Waals surface area contributed by atoms with E-state index in [0.717, 1.165) is 39.3 Å². The number of hydrogen-bond acceptors (Lipinski definition) is 2. The number of rotatable bonds is 2. The van der Waals surface area contributed by atoms with Gasteiger partial charge in [0.25, 0.3) is 5.82 Å². The Morgan fingerprint density at radius 1 is 0.867 bits per heavy atom. The molecule has 0 aliphatic rings. The van der Waals surface area contributed by atoms with Crippen LogP contribution in [0.3, 0.4) is 0 Å². The third kappa shape index (κ3) is 2.28. The summed E-state index contributed by atoms with van der Waals surface area (Å²) in [6, 6.07) is 27.6. The molecule has 0 radical (unpaired) electrons. The first-order chi connectivity index (χ1) is 14.7. The van der Waals surface area contributed by atoms with Crippen LogP contribution in [0.2, 0.25) is 0 Å². The van der Waals surface area contributed by atoms with Crippen molar-refractivity contribution >= 4 is 32.9 Å². The van der Waals surface area contributed by atoms with Gasteiger partial charge in [0, 0.05) is 5.39 Å². The molecule has 0 spiro atoms. The molecule has 30 heavy (non-hydrogen) atoms. The summed E-state index contributed by atoms with van der Waals surface area (Å²) in [4.78, 5) is 4.57. The third-order valence-corrected chi connectivity index (χ3v) is 5.96. The fourth-order valence-electron chi connectivity index (χ4n) is 4.56. The minimum Gasteiger partial charge on any atom is -0.443 e. The Bertz CT molecular complexity index is 1570. The Kier molecular flexibility index (Phi) is 3.56. The topological polar surface area (TPSA) is 34.8 Å². The number of hydrogen-bond donors (Lipinski definition) is 0. The number of aryl methyl sites for hydroxylation is 2. The summed E-state index contributed by atoms with van der Waals surface area (Å²) in [6.07, 6.45) is 1.53. The summed E-state index contributed by atoms with van der Waals surface area (Å²) < 4.78 is 10.2. The highest BCUT2D eigenvalue weighted by Crippen LogP contribution is 2.35. The summed E-state index contributed by atoms with van der Waals surface area (Å²) in [6.45, 7) is 2.13. The van der Waals surface area contributed by atoms with Gasteiger partial charge in [-0.2, -0.15) is 4.57 Å². The summed E-state index contributed by atoms with van der Waals surface area (Å²) in [5.41, 5.74) is 7.41. The molecule has 6 rings (SSSR count). The maximum Gasteiger partial charge on any atom is 0.297 e. The van der Waals surface area contributed by atoms with Crippen LogP contribution in [0.5, 0.6) is 0 Å². The van der Waals surface area contributed by atoms with Gasteiger partial charge in [0.05, 0.1) is 12.6 Å². The molecular weight excluding hydrogens is 370 g/mol. The quantitative estimate of drug-likeness (QED) is 0.354. The highest BCUT2D eigenvalue weighted by atomic mass is 16.3. The lowest BCUT2D eigenvalue weighted by Gasteiger charge is -2.09. The van der Waals surface area contributed by atoms with Gasteiger partial charge in [-0.3, -0.25) is 0 Å². The number of fused-ring (bicyclic) bond motifs is 3. The van der Waals surface area contributed by atoms with Crippen molar-refractivity contribution in [1.82, 2.24) is 9.55 Å². The number of nitrogens with zero attached hydrogens (tertiary/aromatic N) is 3. The van der Waals surface area contributed by atoms with Crippen LogP contribution in [-0.2, 0) is 7.05 Å². The monoisotopic (exact) mass is 390 g/mol. The molecule has 0 atom stereocenters. The largest absolute Gasteiger partial charge is 0.443 e. The van der Waals surface area contributed by atoms with Crippen molar-refractivity contribution in [3.05, 3.63) is 90.8 Å². The minimum absolute atomic E-state index is 0.797. The molecule has 4 heteroatoms. The molecule has 0 amide bonds. The van der Waals surface area contributed by atoms with E-state index >= 15 is 0 Å². The second-order valence-electron chi connectivity index (χ2n) is 7.66. The molecule has 0 bridgehead atoms. The molecule has 0 unspecified atom stereocenters. The zero-order valence-electron chi connectivity index (χ0n) is 16.8. The lowest BCUT2D eigenvalue weighted by Crippen LogP contribution is -2.30. The van der Waals surface area contributed by atoms with E-state index < -0.39 is 0 Å². The molecule has 4 nitrogen and oxygen atoms in total. The highest BCUT2D eigenvalue weighted by molar-refractivity contribution is 5.96. The molecular formula is C26H20N3O+. The molecule has 0 saturated heterocycles. The number of oxazole rings is 1. The van der Waals surface area contributed by atoms with Crippen molar-refractivity contribution in [2.24, 2.45) is 7.05 Å². The fraction of sp³-hybridized carbons (Fsp3) is 0.0769. The van der Waals surface area contributed by atoms with Crippen LogP contribution < -0.4 is 4.57 Å². The van der Waals surface area contributed by atoms with Crippen LogP contribution >= 0.6 is 0 Å². The van der Waals surface area contributed by atoms with E-state index in [9.17, 15) is 0 Å². The third-order valence-electron chi connectivity index (χ3n) is 5.96. The van der Waals surface area contributed by atoms with Gasteiger partial charge in [0.15, 0.2) is 23.0 Å². The lowest BCUT2D eigenvalue weighted by atomic mass is 10.0. The first kappa shape index (κ1) is 17.0. The molecule has 0 aliphatic carbocycles. The van der Waals surface area contributed by atoms with E-state index in [4.69, 9.17) is 4.42 Å². The second-order valence-corrected chi connectivity index (χ2v) is 7.66. The van der Waals surface area contributed by atoms with E-state index in [1.807, 2.05) is 6.07 Å². The number of benzene rings is 4. The molecule has 0 N–H and O–H groups in total. The predicted molar refractivity (Wildman–Crippen MR) is 120 cm³/mol. The first-order valence-corrected chi connectivity index (χ1v) is 10.0. The van der Waals surface area contributed by atoms with Gasteiger partial charge in [-0.15, -0.1) is 0 Å².